The van der Waals surface area contributed by atoms with Gasteiger partial charge in [-0.3, -0.25) is 4.79 Å². The predicted molar refractivity (Wildman–Crippen MR) is 140 cm³/mol. The molecular formula is C29H43O5P. The summed E-state index contributed by atoms with van der Waals surface area (Å²) in [5.74, 6) is 5.31. The first-order chi connectivity index (χ1) is 16.8. The maximum absolute atomic E-state index is 10.6. The fourth-order valence-electron chi connectivity index (χ4n) is 6.72. The summed E-state index contributed by atoms with van der Waals surface area (Å²) in [6, 6.07) is 0. The summed E-state index contributed by atoms with van der Waals surface area (Å²) < 4.78 is 5.13. The van der Waals surface area contributed by atoms with Crippen molar-refractivity contribution in [3.63, 3.8) is 0 Å². The molecular weight excluding hydrogens is 459 g/mol. The van der Waals surface area contributed by atoms with Crippen LogP contribution in [0.3, 0.4) is 0 Å². The van der Waals surface area contributed by atoms with Crippen LogP contribution in [-0.2, 0) is 18.9 Å². The first-order valence-corrected chi connectivity index (χ1v) is 13.9. The van der Waals surface area contributed by atoms with Gasteiger partial charge in [0.25, 0.3) is 6.47 Å². The number of hydrogen-bond acceptors (Lipinski definition) is 5. The second-order valence-corrected chi connectivity index (χ2v) is 11.9. The number of hydrogen-bond donors (Lipinski definition) is 1. The average Bonchev–Trinajstić information content (AvgIpc) is 3.47. The van der Waals surface area contributed by atoms with Gasteiger partial charge in [0, 0.05) is 12.3 Å². The Hall–Kier alpha value is -1.80. The SMILES string of the molecule is C=CC1CC(/C=C\C2CC(/C=C\C3CC(C=C)C(POC=O)C3C)CC2C)C(CO)C1C.O=C=O. The lowest BCUT2D eigenvalue weighted by atomic mass is 9.88. The Labute approximate surface area is 213 Å². The fraction of sp³-hybridized carbons (Fsp3) is 0.655. The number of aliphatic hydroxyl groups is 1. The number of rotatable bonds is 10. The molecule has 0 aromatic carbocycles. The molecule has 0 amide bonds. The van der Waals surface area contributed by atoms with Crippen LogP contribution in [0.5, 0.6) is 0 Å². The minimum Gasteiger partial charge on any atom is -0.450 e. The lowest BCUT2D eigenvalue weighted by Gasteiger charge is -2.19. The van der Waals surface area contributed by atoms with Crippen molar-refractivity contribution >= 4 is 21.4 Å². The molecule has 0 spiro atoms. The largest absolute Gasteiger partial charge is 0.450 e. The molecule has 0 heterocycles. The smallest absolute Gasteiger partial charge is 0.373 e. The van der Waals surface area contributed by atoms with Crippen LogP contribution in [-0.4, -0.2) is 30.0 Å². The van der Waals surface area contributed by atoms with E-state index in [1.807, 2.05) is 0 Å². The van der Waals surface area contributed by atoms with Crippen LogP contribution in [0, 0.1) is 59.2 Å². The molecule has 0 aromatic heterocycles. The number of aliphatic hydroxyl groups excluding tert-OH is 1. The van der Waals surface area contributed by atoms with E-state index in [4.69, 9.17) is 14.1 Å². The zero-order valence-corrected chi connectivity index (χ0v) is 22.4. The van der Waals surface area contributed by atoms with Crippen LogP contribution in [0.15, 0.2) is 49.6 Å². The second-order valence-electron chi connectivity index (χ2n) is 10.7. The van der Waals surface area contributed by atoms with E-state index in [1.54, 1.807) is 0 Å². The number of allylic oxidation sites excluding steroid dienone is 6. The van der Waals surface area contributed by atoms with Crippen LogP contribution in [0.4, 0.5) is 0 Å². The molecule has 3 aliphatic carbocycles. The zero-order chi connectivity index (χ0) is 26.0. The Morgan fingerprint density at radius 1 is 0.857 bits per heavy atom. The minimum absolute atomic E-state index is 0.233. The van der Waals surface area contributed by atoms with Crippen molar-refractivity contribution in [3.8, 4) is 0 Å². The molecule has 194 valence electrons. The van der Waals surface area contributed by atoms with E-state index in [0.29, 0.717) is 71.3 Å². The van der Waals surface area contributed by atoms with Gasteiger partial charge in [-0.15, -0.1) is 13.2 Å². The van der Waals surface area contributed by atoms with Crippen LogP contribution >= 0.6 is 8.81 Å². The first-order valence-electron chi connectivity index (χ1n) is 12.9. The van der Waals surface area contributed by atoms with E-state index in [-0.39, 0.29) is 21.6 Å². The summed E-state index contributed by atoms with van der Waals surface area (Å²) in [5.41, 5.74) is 0.401. The highest BCUT2D eigenvalue weighted by Crippen LogP contribution is 2.48. The van der Waals surface area contributed by atoms with Crippen molar-refractivity contribution in [2.45, 2.75) is 52.1 Å². The van der Waals surface area contributed by atoms with Crippen molar-refractivity contribution in [1.29, 1.82) is 0 Å². The lowest BCUT2D eigenvalue weighted by molar-refractivity contribution is -0.191. The summed E-state index contributed by atoms with van der Waals surface area (Å²) in [7, 11) is 0.233. The molecule has 0 saturated heterocycles. The third kappa shape index (κ3) is 7.59. The van der Waals surface area contributed by atoms with E-state index < -0.39 is 0 Å². The predicted octanol–water partition coefficient (Wildman–Crippen LogP) is 5.84. The van der Waals surface area contributed by atoms with Gasteiger partial charge in [0.15, 0.2) is 0 Å². The summed E-state index contributed by atoms with van der Waals surface area (Å²) in [4.78, 5) is 26.9. The molecule has 0 radical (unpaired) electrons. The molecule has 0 bridgehead atoms. The summed E-state index contributed by atoms with van der Waals surface area (Å²) in [5, 5.41) is 9.90. The molecule has 35 heavy (non-hydrogen) atoms. The average molecular weight is 503 g/mol. The zero-order valence-electron chi connectivity index (χ0n) is 21.4. The number of carbonyl (C=O) groups excluding carboxylic acids is 3. The third-order valence-corrected chi connectivity index (χ3v) is 10.4. The van der Waals surface area contributed by atoms with E-state index in [1.165, 1.54) is 12.8 Å². The Morgan fingerprint density at radius 3 is 2.06 bits per heavy atom. The van der Waals surface area contributed by atoms with Crippen LogP contribution in [0.1, 0.15) is 46.5 Å². The van der Waals surface area contributed by atoms with Crippen molar-refractivity contribution in [1.82, 2.24) is 0 Å². The molecule has 6 heteroatoms. The molecule has 12 atom stereocenters. The Kier molecular flexibility index (Phi) is 12.3. The first kappa shape index (κ1) is 29.4. The minimum atomic E-state index is 0.233. The maximum Gasteiger partial charge on any atom is 0.373 e. The Bertz CT molecular complexity index is 786. The highest BCUT2D eigenvalue weighted by Gasteiger charge is 2.40. The summed E-state index contributed by atoms with van der Waals surface area (Å²) in [6.07, 6.45) is 18.9. The molecule has 0 aromatic rings. The van der Waals surface area contributed by atoms with Crippen LogP contribution in [0.25, 0.3) is 0 Å². The lowest BCUT2D eigenvalue weighted by Crippen LogP contribution is -2.17. The summed E-state index contributed by atoms with van der Waals surface area (Å²) in [6.45, 7) is 15.8. The van der Waals surface area contributed by atoms with Crippen molar-refractivity contribution in [2.75, 3.05) is 6.61 Å². The molecule has 3 rings (SSSR count). The van der Waals surface area contributed by atoms with E-state index in [0.717, 1.165) is 12.8 Å². The topological polar surface area (TPSA) is 80.7 Å². The van der Waals surface area contributed by atoms with E-state index in [9.17, 15) is 9.90 Å². The van der Waals surface area contributed by atoms with Crippen molar-refractivity contribution in [2.24, 2.45) is 59.2 Å². The number of carbonyl (C=O) groups is 1. The quantitative estimate of drug-likeness (QED) is 0.231. The highest BCUT2D eigenvalue weighted by atomic mass is 31.1. The highest BCUT2D eigenvalue weighted by molar-refractivity contribution is 7.33. The van der Waals surface area contributed by atoms with Gasteiger partial charge < -0.3 is 9.63 Å². The van der Waals surface area contributed by atoms with Gasteiger partial charge >= 0.3 is 6.15 Å². The fourth-order valence-corrected chi connectivity index (χ4v) is 7.84. The molecule has 3 saturated carbocycles. The van der Waals surface area contributed by atoms with Crippen molar-refractivity contribution < 1.29 is 24.0 Å². The van der Waals surface area contributed by atoms with Crippen LogP contribution in [0.2, 0.25) is 0 Å². The van der Waals surface area contributed by atoms with E-state index >= 15 is 0 Å². The van der Waals surface area contributed by atoms with Gasteiger partial charge in [-0.05, 0) is 84.9 Å². The molecule has 1 N–H and O–H groups in total. The van der Waals surface area contributed by atoms with Crippen LogP contribution < -0.4 is 0 Å². The normalized spacial score (nSPS) is 41.2. The molecule has 5 nitrogen and oxygen atoms in total. The van der Waals surface area contributed by atoms with Gasteiger partial charge in [-0.2, -0.15) is 9.59 Å². The molecule has 3 fully saturated rings. The monoisotopic (exact) mass is 502 g/mol. The van der Waals surface area contributed by atoms with Gasteiger partial charge in [0.2, 0.25) is 0 Å². The van der Waals surface area contributed by atoms with Gasteiger partial charge in [0.1, 0.15) is 0 Å². The maximum atomic E-state index is 10.6. The second kappa shape index (κ2) is 14.7. The Balaban J connectivity index is 0.00000137. The van der Waals surface area contributed by atoms with Gasteiger partial charge in [-0.1, -0.05) is 57.2 Å². The summed E-state index contributed by atoms with van der Waals surface area (Å²) >= 11 is 0. The third-order valence-electron chi connectivity index (χ3n) is 8.98. The molecule has 12 unspecified atom stereocenters. The van der Waals surface area contributed by atoms with E-state index in [2.05, 4.69) is 70.4 Å². The molecule has 3 aliphatic rings. The van der Waals surface area contributed by atoms with Gasteiger partial charge in [-0.25, -0.2) is 0 Å². The Morgan fingerprint density at radius 2 is 1.46 bits per heavy atom. The van der Waals surface area contributed by atoms with Gasteiger partial charge in [0.05, 0.1) is 8.81 Å². The van der Waals surface area contributed by atoms with Crippen molar-refractivity contribution in [3.05, 3.63) is 49.6 Å². The standard InChI is InChI=1S/C28H43O3P.CO2/c1-6-22-14-26(27(16-29)19(22)4)11-10-24-13-21(12-18(24)3)8-9-25-15-23(7-2)28(20(25)5)32-31-17-30;2-1-3/h6-11,17-29,32H,1-2,12-16H2,3-5H3;/b9-8-,11-10-;. The molecule has 0 aliphatic heterocycles.